The molecule has 2 saturated heterocycles. The van der Waals surface area contributed by atoms with Gasteiger partial charge in [0.2, 0.25) is 0 Å². The van der Waals surface area contributed by atoms with Gasteiger partial charge in [0, 0.05) is 0 Å². The maximum Gasteiger partial charge on any atom is 0.174 e. The van der Waals surface area contributed by atoms with Crippen molar-refractivity contribution in [2.24, 2.45) is 5.73 Å². The largest absolute Gasteiger partial charge is 0.388 e. The molecule has 0 unspecified atom stereocenters. The van der Waals surface area contributed by atoms with Crippen LogP contribution in [0.5, 0.6) is 0 Å². The van der Waals surface area contributed by atoms with Gasteiger partial charge in [0.1, 0.15) is 18.3 Å². The first-order chi connectivity index (χ1) is 5.14. The van der Waals surface area contributed by atoms with E-state index in [4.69, 9.17) is 15.2 Å². The van der Waals surface area contributed by atoms with Gasteiger partial charge in [-0.2, -0.15) is 0 Å². The number of nitrogens with two attached hydrogens (primary N) is 1. The third-order valence-electron chi connectivity index (χ3n) is 2.25. The van der Waals surface area contributed by atoms with Crippen molar-refractivity contribution in [2.45, 2.75) is 24.0 Å². The number of aliphatic hydroxyl groups is 2. The van der Waals surface area contributed by atoms with E-state index in [1.54, 1.807) is 0 Å². The highest BCUT2D eigenvalue weighted by Crippen LogP contribution is 2.33. The minimum absolute atomic E-state index is 0.137. The van der Waals surface area contributed by atoms with Crippen LogP contribution in [0, 0.1) is 0 Å². The minimum atomic E-state index is -1.18. The lowest BCUT2D eigenvalue weighted by Gasteiger charge is -2.24. The lowest BCUT2D eigenvalue weighted by Crippen LogP contribution is -2.55. The summed E-state index contributed by atoms with van der Waals surface area (Å²) in [7, 11) is 0. The number of aliphatic hydroxyl groups excluding tert-OH is 2. The Kier molecular flexibility index (Phi) is 1.45. The second-order valence-corrected chi connectivity index (χ2v) is 3.00. The van der Waals surface area contributed by atoms with Crippen molar-refractivity contribution in [1.82, 2.24) is 0 Å². The van der Waals surface area contributed by atoms with Crippen molar-refractivity contribution < 1.29 is 19.7 Å². The quantitative estimate of drug-likeness (QED) is 0.375. The van der Waals surface area contributed by atoms with Gasteiger partial charge in [0.15, 0.2) is 5.72 Å². The Balaban J connectivity index is 2.23. The van der Waals surface area contributed by atoms with Crippen LogP contribution < -0.4 is 5.73 Å². The highest BCUT2D eigenvalue weighted by atomic mass is 16.6. The highest BCUT2D eigenvalue weighted by molar-refractivity contribution is 5.03. The summed E-state index contributed by atoms with van der Waals surface area (Å²) in [5.74, 6) is 0. The van der Waals surface area contributed by atoms with Crippen molar-refractivity contribution in [3.05, 3.63) is 0 Å². The number of ether oxygens (including phenoxy) is 2. The molecule has 0 aromatic heterocycles. The van der Waals surface area contributed by atoms with Gasteiger partial charge < -0.3 is 19.7 Å². The predicted octanol–water partition coefficient (Wildman–Crippen LogP) is -2.21. The fourth-order valence-corrected chi connectivity index (χ4v) is 1.55. The number of fused-ring (bicyclic) bond motifs is 1. The zero-order valence-electron chi connectivity index (χ0n) is 5.93. The van der Waals surface area contributed by atoms with Crippen LogP contribution in [0.15, 0.2) is 0 Å². The minimum Gasteiger partial charge on any atom is -0.388 e. The van der Waals surface area contributed by atoms with Gasteiger partial charge in [-0.05, 0) is 0 Å². The third-order valence-corrected chi connectivity index (χ3v) is 2.25. The van der Waals surface area contributed by atoms with Crippen molar-refractivity contribution in [2.75, 3.05) is 13.2 Å². The topological polar surface area (TPSA) is 84.9 Å². The predicted molar refractivity (Wildman–Crippen MR) is 34.6 cm³/mol. The summed E-state index contributed by atoms with van der Waals surface area (Å²) in [6, 6.07) is 0. The van der Waals surface area contributed by atoms with Gasteiger partial charge in [-0.3, -0.25) is 5.73 Å². The molecule has 0 saturated carbocycles. The second-order valence-electron chi connectivity index (χ2n) is 3.00. The maximum absolute atomic E-state index is 9.29. The van der Waals surface area contributed by atoms with Crippen LogP contribution in [-0.2, 0) is 9.47 Å². The molecule has 4 atom stereocenters. The molecule has 0 radical (unpaired) electrons. The number of hydrogen-bond acceptors (Lipinski definition) is 5. The molecular formula is C6H11NO4. The first-order valence-corrected chi connectivity index (χ1v) is 3.55. The Hall–Kier alpha value is -0.200. The van der Waals surface area contributed by atoms with Gasteiger partial charge in [0.05, 0.1) is 13.2 Å². The van der Waals surface area contributed by atoms with Crippen LogP contribution in [0.1, 0.15) is 0 Å². The highest BCUT2D eigenvalue weighted by Gasteiger charge is 2.57. The molecule has 2 fully saturated rings. The molecule has 0 aromatic carbocycles. The Morgan fingerprint density at radius 2 is 2.09 bits per heavy atom. The van der Waals surface area contributed by atoms with Crippen molar-refractivity contribution in [3.8, 4) is 0 Å². The van der Waals surface area contributed by atoms with Gasteiger partial charge in [-0.1, -0.05) is 0 Å². The Morgan fingerprint density at radius 1 is 1.36 bits per heavy atom. The number of hydrogen-bond donors (Lipinski definition) is 3. The van der Waals surface area contributed by atoms with E-state index >= 15 is 0 Å². The third kappa shape index (κ3) is 0.830. The zero-order valence-corrected chi connectivity index (χ0v) is 5.93. The molecule has 0 aromatic rings. The van der Waals surface area contributed by atoms with Crippen LogP contribution in [0.2, 0.25) is 0 Å². The average molecular weight is 161 g/mol. The molecule has 11 heavy (non-hydrogen) atoms. The molecule has 64 valence electrons. The standard InChI is InChI=1S/C6H11NO4/c7-6-4(9)2-10-5(6)3(8)1-11-6/h3-5,8-9H,1-2,7H2/t3-,4+,5+,6+/m0/s1. The van der Waals surface area contributed by atoms with Crippen LogP contribution in [0.25, 0.3) is 0 Å². The van der Waals surface area contributed by atoms with E-state index in [1.807, 2.05) is 0 Å². The molecule has 0 spiro atoms. The van der Waals surface area contributed by atoms with Crippen molar-refractivity contribution >= 4 is 0 Å². The average Bonchev–Trinajstić information content (AvgIpc) is 2.39. The zero-order chi connectivity index (χ0) is 8.06. The van der Waals surface area contributed by atoms with E-state index in [0.29, 0.717) is 0 Å². The summed E-state index contributed by atoms with van der Waals surface area (Å²) in [6.45, 7) is 0.274. The maximum atomic E-state index is 9.29. The molecule has 5 nitrogen and oxygen atoms in total. The lowest BCUT2D eigenvalue weighted by atomic mass is 10.0. The molecule has 2 heterocycles. The summed E-state index contributed by atoms with van der Waals surface area (Å²) in [5.41, 5.74) is 4.46. The number of rotatable bonds is 0. The fourth-order valence-electron chi connectivity index (χ4n) is 1.55. The monoisotopic (exact) mass is 161 g/mol. The molecule has 2 aliphatic rings. The molecule has 2 rings (SSSR count). The van der Waals surface area contributed by atoms with Crippen molar-refractivity contribution in [3.63, 3.8) is 0 Å². The SMILES string of the molecule is N[C@]12OC[C@H](O)[C@H]1OC[C@H]2O. The Labute approximate surface area is 63.7 Å². The molecular weight excluding hydrogens is 150 g/mol. The summed E-state index contributed by atoms with van der Waals surface area (Å²) in [6.07, 6.45) is -2.11. The smallest absolute Gasteiger partial charge is 0.174 e. The van der Waals surface area contributed by atoms with E-state index in [1.165, 1.54) is 0 Å². The first-order valence-electron chi connectivity index (χ1n) is 3.55. The van der Waals surface area contributed by atoms with E-state index in [0.717, 1.165) is 0 Å². The lowest BCUT2D eigenvalue weighted by molar-refractivity contribution is -0.0715. The first kappa shape index (κ1) is 7.45. The van der Waals surface area contributed by atoms with E-state index in [-0.39, 0.29) is 13.2 Å². The molecule has 4 N–H and O–H groups in total. The summed E-state index contributed by atoms with van der Waals surface area (Å²) >= 11 is 0. The van der Waals surface area contributed by atoms with Gasteiger partial charge in [-0.15, -0.1) is 0 Å². The van der Waals surface area contributed by atoms with Gasteiger partial charge in [-0.25, -0.2) is 0 Å². The van der Waals surface area contributed by atoms with Crippen LogP contribution >= 0.6 is 0 Å². The van der Waals surface area contributed by atoms with Gasteiger partial charge >= 0.3 is 0 Å². The summed E-state index contributed by atoms with van der Waals surface area (Å²) in [5, 5.41) is 18.5. The van der Waals surface area contributed by atoms with E-state index in [2.05, 4.69) is 0 Å². The molecule has 2 aliphatic heterocycles. The summed E-state index contributed by atoms with van der Waals surface area (Å²) < 4.78 is 10.1. The van der Waals surface area contributed by atoms with Crippen molar-refractivity contribution in [1.29, 1.82) is 0 Å². The van der Waals surface area contributed by atoms with E-state index in [9.17, 15) is 10.2 Å². The van der Waals surface area contributed by atoms with Crippen LogP contribution in [0.4, 0.5) is 0 Å². The fraction of sp³-hybridized carbons (Fsp3) is 1.00. The molecule has 0 amide bonds. The second kappa shape index (κ2) is 2.15. The summed E-state index contributed by atoms with van der Waals surface area (Å²) in [4.78, 5) is 0. The van der Waals surface area contributed by atoms with Gasteiger partial charge in [0.25, 0.3) is 0 Å². The molecule has 5 heteroatoms. The molecule has 0 aliphatic carbocycles. The van der Waals surface area contributed by atoms with E-state index < -0.39 is 24.0 Å². The molecule has 0 bridgehead atoms. The normalized spacial score (nSPS) is 56.5. The van der Waals surface area contributed by atoms with Crippen LogP contribution in [0.3, 0.4) is 0 Å². The Morgan fingerprint density at radius 3 is 2.73 bits per heavy atom. The Bertz CT molecular complexity index is 176. The van der Waals surface area contributed by atoms with Crippen LogP contribution in [-0.4, -0.2) is 47.5 Å².